The first-order chi connectivity index (χ1) is 7.02. The summed E-state index contributed by atoms with van der Waals surface area (Å²) in [5.41, 5.74) is 0. The lowest BCUT2D eigenvalue weighted by Gasteiger charge is -2.17. The second-order valence-corrected chi connectivity index (χ2v) is 4.44. The van der Waals surface area contributed by atoms with E-state index in [1.807, 2.05) is 13.0 Å². The zero-order valence-electron chi connectivity index (χ0n) is 10.2. The van der Waals surface area contributed by atoms with Crippen molar-refractivity contribution in [1.29, 1.82) is 5.26 Å². The first-order valence-corrected chi connectivity index (χ1v) is 5.70. The maximum atomic E-state index is 11.6. The Morgan fingerprint density at radius 2 is 2.00 bits per heavy atom. The molecule has 0 aliphatic carbocycles. The fourth-order valence-corrected chi connectivity index (χ4v) is 1.16. The number of nitrogens with one attached hydrogen (secondary N) is 1. The van der Waals surface area contributed by atoms with E-state index in [0.717, 1.165) is 6.42 Å². The number of carbonyl (C=O) groups is 1. The Labute approximate surface area is 92.9 Å². The minimum Gasteiger partial charge on any atom is -0.355 e. The van der Waals surface area contributed by atoms with Crippen LogP contribution in [-0.4, -0.2) is 12.5 Å². The molecule has 86 valence electrons. The molecular weight excluding hydrogens is 188 g/mol. The predicted octanol–water partition coefficient (Wildman–Crippen LogP) is 2.33. The Morgan fingerprint density at radius 1 is 1.40 bits per heavy atom. The topological polar surface area (TPSA) is 52.9 Å². The van der Waals surface area contributed by atoms with Crippen LogP contribution < -0.4 is 5.32 Å². The fraction of sp³-hybridized carbons (Fsp3) is 0.833. The van der Waals surface area contributed by atoms with Crippen LogP contribution in [0.5, 0.6) is 0 Å². The lowest BCUT2D eigenvalue weighted by atomic mass is 9.97. The molecule has 1 N–H and O–H groups in total. The van der Waals surface area contributed by atoms with E-state index in [1.54, 1.807) is 0 Å². The lowest BCUT2D eigenvalue weighted by molar-refractivity contribution is -0.123. The van der Waals surface area contributed by atoms with E-state index in [4.69, 9.17) is 5.26 Å². The van der Waals surface area contributed by atoms with Gasteiger partial charge in [0, 0.05) is 6.54 Å². The molecular formula is C12H22N2O. The van der Waals surface area contributed by atoms with Crippen LogP contribution in [0.1, 0.15) is 40.5 Å². The average molecular weight is 210 g/mol. The summed E-state index contributed by atoms with van der Waals surface area (Å²) in [6.07, 6.45) is 1.52. The first kappa shape index (κ1) is 14.0. The van der Waals surface area contributed by atoms with Gasteiger partial charge in [0.05, 0.1) is 6.07 Å². The van der Waals surface area contributed by atoms with Gasteiger partial charge in [-0.15, -0.1) is 0 Å². The van der Waals surface area contributed by atoms with Gasteiger partial charge in [0.25, 0.3) is 0 Å². The molecule has 0 heterocycles. The molecule has 3 heteroatoms. The van der Waals surface area contributed by atoms with Crippen LogP contribution in [0.15, 0.2) is 0 Å². The molecule has 0 radical (unpaired) electrons. The molecule has 2 unspecified atom stereocenters. The van der Waals surface area contributed by atoms with Crippen molar-refractivity contribution in [3.8, 4) is 6.07 Å². The molecule has 0 rings (SSSR count). The highest BCUT2D eigenvalue weighted by molar-refractivity contribution is 5.80. The van der Waals surface area contributed by atoms with Crippen molar-refractivity contribution >= 4 is 5.91 Å². The van der Waals surface area contributed by atoms with E-state index in [9.17, 15) is 4.79 Å². The summed E-state index contributed by atoms with van der Waals surface area (Å²) < 4.78 is 0. The Hall–Kier alpha value is -1.04. The first-order valence-electron chi connectivity index (χ1n) is 5.70. The third kappa shape index (κ3) is 5.41. The third-order valence-corrected chi connectivity index (χ3v) is 2.79. The summed E-state index contributed by atoms with van der Waals surface area (Å²) >= 11 is 0. The van der Waals surface area contributed by atoms with E-state index < -0.39 is 5.92 Å². The molecule has 0 bridgehead atoms. The maximum absolute atomic E-state index is 11.6. The molecule has 0 aliphatic rings. The Bertz CT molecular complexity index is 230. The van der Waals surface area contributed by atoms with Gasteiger partial charge in [0.2, 0.25) is 5.91 Å². The molecule has 0 aromatic heterocycles. The zero-order chi connectivity index (χ0) is 11.8. The van der Waals surface area contributed by atoms with Gasteiger partial charge in [-0.1, -0.05) is 34.1 Å². The van der Waals surface area contributed by atoms with Crippen molar-refractivity contribution in [1.82, 2.24) is 5.32 Å². The normalized spacial score (nSPS) is 14.4. The summed E-state index contributed by atoms with van der Waals surface area (Å²) in [4.78, 5) is 11.6. The average Bonchev–Trinajstić information content (AvgIpc) is 2.21. The Morgan fingerprint density at radius 3 is 2.40 bits per heavy atom. The SMILES string of the molecule is CCCC(C#N)C(=O)NCC(C)C(C)C. The maximum Gasteiger partial charge on any atom is 0.237 e. The van der Waals surface area contributed by atoms with Gasteiger partial charge in [-0.3, -0.25) is 4.79 Å². The third-order valence-electron chi connectivity index (χ3n) is 2.79. The fourth-order valence-electron chi connectivity index (χ4n) is 1.16. The second-order valence-electron chi connectivity index (χ2n) is 4.44. The molecule has 0 aromatic rings. The van der Waals surface area contributed by atoms with Gasteiger partial charge in [0.15, 0.2) is 0 Å². The van der Waals surface area contributed by atoms with Crippen molar-refractivity contribution in [2.24, 2.45) is 17.8 Å². The molecule has 3 nitrogen and oxygen atoms in total. The van der Waals surface area contributed by atoms with Gasteiger partial charge in [-0.25, -0.2) is 0 Å². The summed E-state index contributed by atoms with van der Waals surface area (Å²) in [7, 11) is 0. The summed E-state index contributed by atoms with van der Waals surface area (Å²) in [5, 5.41) is 11.6. The number of hydrogen-bond donors (Lipinski definition) is 1. The molecule has 0 fully saturated rings. The quantitative estimate of drug-likeness (QED) is 0.731. The Balaban J connectivity index is 3.97. The largest absolute Gasteiger partial charge is 0.355 e. The number of rotatable bonds is 6. The van der Waals surface area contributed by atoms with Crippen LogP contribution in [0, 0.1) is 29.1 Å². The van der Waals surface area contributed by atoms with Crippen LogP contribution in [0.4, 0.5) is 0 Å². The van der Waals surface area contributed by atoms with Gasteiger partial charge < -0.3 is 5.32 Å². The van der Waals surface area contributed by atoms with Gasteiger partial charge in [-0.05, 0) is 18.3 Å². The van der Waals surface area contributed by atoms with Crippen LogP contribution in [-0.2, 0) is 4.79 Å². The predicted molar refractivity (Wildman–Crippen MR) is 61.0 cm³/mol. The second kappa shape index (κ2) is 7.28. The molecule has 0 spiro atoms. The van der Waals surface area contributed by atoms with Crippen molar-refractivity contribution in [3.05, 3.63) is 0 Å². The summed E-state index contributed by atoms with van der Waals surface area (Å²) in [5.74, 6) is 0.410. The number of amides is 1. The minimum absolute atomic E-state index is 0.119. The monoisotopic (exact) mass is 210 g/mol. The van der Waals surface area contributed by atoms with Gasteiger partial charge >= 0.3 is 0 Å². The van der Waals surface area contributed by atoms with E-state index in [2.05, 4.69) is 26.1 Å². The number of carbonyl (C=O) groups excluding carboxylic acids is 1. The van der Waals surface area contributed by atoms with Crippen LogP contribution in [0.3, 0.4) is 0 Å². The number of hydrogen-bond acceptors (Lipinski definition) is 2. The standard InChI is InChI=1S/C12H22N2O/c1-5-6-11(7-13)12(15)14-8-10(4)9(2)3/h9-11H,5-6,8H2,1-4H3,(H,14,15). The molecule has 1 amide bonds. The van der Waals surface area contributed by atoms with Crippen molar-refractivity contribution in [2.45, 2.75) is 40.5 Å². The minimum atomic E-state index is -0.477. The van der Waals surface area contributed by atoms with E-state index in [1.165, 1.54) is 0 Å². The number of nitriles is 1. The Kier molecular flexibility index (Phi) is 6.77. The highest BCUT2D eigenvalue weighted by Crippen LogP contribution is 2.09. The van der Waals surface area contributed by atoms with Crippen molar-refractivity contribution < 1.29 is 4.79 Å². The molecule has 0 saturated carbocycles. The van der Waals surface area contributed by atoms with Crippen molar-refractivity contribution in [3.63, 3.8) is 0 Å². The highest BCUT2D eigenvalue weighted by atomic mass is 16.1. The molecule has 0 aliphatic heterocycles. The summed E-state index contributed by atoms with van der Waals surface area (Å²) in [6, 6.07) is 2.04. The molecule has 2 atom stereocenters. The van der Waals surface area contributed by atoms with Crippen LogP contribution >= 0.6 is 0 Å². The van der Waals surface area contributed by atoms with Crippen LogP contribution in [0.2, 0.25) is 0 Å². The highest BCUT2D eigenvalue weighted by Gasteiger charge is 2.17. The van der Waals surface area contributed by atoms with E-state index in [0.29, 0.717) is 24.8 Å². The zero-order valence-corrected chi connectivity index (χ0v) is 10.2. The van der Waals surface area contributed by atoms with E-state index >= 15 is 0 Å². The number of nitrogens with zero attached hydrogens (tertiary/aromatic N) is 1. The van der Waals surface area contributed by atoms with Crippen molar-refractivity contribution in [2.75, 3.05) is 6.54 Å². The molecule has 15 heavy (non-hydrogen) atoms. The molecule has 0 aromatic carbocycles. The molecule has 0 saturated heterocycles. The summed E-state index contributed by atoms with van der Waals surface area (Å²) in [6.45, 7) is 9.01. The lowest BCUT2D eigenvalue weighted by Crippen LogP contribution is -2.34. The van der Waals surface area contributed by atoms with Crippen LogP contribution in [0.25, 0.3) is 0 Å². The van der Waals surface area contributed by atoms with Gasteiger partial charge in [-0.2, -0.15) is 5.26 Å². The smallest absolute Gasteiger partial charge is 0.237 e. The van der Waals surface area contributed by atoms with Gasteiger partial charge in [0.1, 0.15) is 5.92 Å². The van der Waals surface area contributed by atoms with E-state index in [-0.39, 0.29) is 5.91 Å².